The zero-order chi connectivity index (χ0) is 4.50. The van der Waals surface area contributed by atoms with Crippen LogP contribution in [0.15, 0.2) is 0 Å². The Labute approximate surface area is 55.4 Å². The molecule has 0 fully saturated rings. The summed E-state index contributed by atoms with van der Waals surface area (Å²) in [5, 5.41) is 0. The Morgan fingerprint density at radius 2 is 1.14 bits per heavy atom. The van der Waals surface area contributed by atoms with Crippen molar-refractivity contribution in [3.8, 4) is 0 Å². The molecule has 5 nitrogen and oxygen atoms in total. The van der Waals surface area contributed by atoms with E-state index in [-0.39, 0.29) is 27.9 Å². The molecule has 0 heterocycles. The molecule has 0 aliphatic rings. The maximum Gasteiger partial charge on any atom is 4.00 e. The van der Waals surface area contributed by atoms with Gasteiger partial charge < -0.3 is 24.7 Å². The first-order valence-electron chi connectivity index (χ1n) is 0.730. The molecule has 0 unspecified atom stereocenters. The predicted octanol–water partition coefficient (Wildman–Crippen LogP) is -3.00. The molecule has 1 radical (unpaired) electrons. The van der Waals surface area contributed by atoms with Gasteiger partial charge in [-0.1, -0.05) is 0 Å². The third-order valence-electron chi connectivity index (χ3n) is 0. The van der Waals surface area contributed by atoms with Crippen molar-refractivity contribution in [2.75, 3.05) is 0 Å². The molecule has 0 saturated carbocycles. The molecular formula is HO5PTa. The summed E-state index contributed by atoms with van der Waals surface area (Å²) in [5.41, 5.74) is 0. The topological polar surface area (TPSA) is 116 Å². The SMILES string of the molecule is O=P([O-])([O-])[O-].[OH-].[Ta+4]. The van der Waals surface area contributed by atoms with E-state index in [4.69, 9.17) is 19.2 Å². The molecule has 7 heteroatoms. The van der Waals surface area contributed by atoms with E-state index in [0.717, 1.165) is 0 Å². The Balaban J connectivity index is -0.0000000800. The largest absolute Gasteiger partial charge is 4.00 e. The van der Waals surface area contributed by atoms with E-state index >= 15 is 0 Å². The zero-order valence-corrected chi connectivity index (χ0v) is 7.08. The van der Waals surface area contributed by atoms with Crippen molar-refractivity contribution in [1.29, 1.82) is 0 Å². The quantitative estimate of drug-likeness (QED) is 0.441. The average Bonchev–Trinajstić information content (AvgIpc) is 0.722. The van der Waals surface area contributed by atoms with Crippen LogP contribution in [0.4, 0.5) is 0 Å². The molecule has 0 aromatic heterocycles. The summed E-state index contributed by atoms with van der Waals surface area (Å²) in [7, 11) is -5.39. The van der Waals surface area contributed by atoms with E-state index in [2.05, 4.69) is 0 Å². The minimum Gasteiger partial charge on any atom is -0.870 e. The predicted molar refractivity (Wildman–Crippen MR) is 9.54 cm³/mol. The second-order valence-electron chi connectivity index (χ2n) is 0.447. The minimum atomic E-state index is -5.39. The molecule has 0 amide bonds. The van der Waals surface area contributed by atoms with Crippen LogP contribution >= 0.6 is 7.82 Å². The first kappa shape index (κ1) is 15.7. The number of rotatable bonds is 0. The first-order valence-corrected chi connectivity index (χ1v) is 2.19. The van der Waals surface area contributed by atoms with Crippen LogP contribution in [0.3, 0.4) is 0 Å². The molecule has 0 saturated heterocycles. The fourth-order valence-corrected chi connectivity index (χ4v) is 0. The molecule has 0 aromatic rings. The van der Waals surface area contributed by atoms with Gasteiger partial charge in [0.25, 0.3) is 0 Å². The molecule has 0 aromatic carbocycles. The molecule has 41 valence electrons. The third-order valence-corrected chi connectivity index (χ3v) is 0. The van der Waals surface area contributed by atoms with Crippen LogP contribution in [-0.2, 0) is 26.9 Å². The molecular weight excluding hydrogens is 292 g/mol. The zero-order valence-electron chi connectivity index (χ0n) is 2.97. The van der Waals surface area contributed by atoms with E-state index in [1.807, 2.05) is 0 Å². The maximum atomic E-state index is 8.55. The summed E-state index contributed by atoms with van der Waals surface area (Å²) in [6, 6.07) is 0. The van der Waals surface area contributed by atoms with Crippen molar-refractivity contribution < 1.29 is 47.1 Å². The van der Waals surface area contributed by atoms with E-state index in [0.29, 0.717) is 0 Å². The van der Waals surface area contributed by atoms with E-state index in [9.17, 15) is 0 Å². The molecule has 1 N–H and O–H groups in total. The van der Waals surface area contributed by atoms with Crippen LogP contribution in [0.5, 0.6) is 0 Å². The van der Waals surface area contributed by atoms with Crippen molar-refractivity contribution in [3.63, 3.8) is 0 Å². The van der Waals surface area contributed by atoms with Gasteiger partial charge in [-0.25, -0.2) is 0 Å². The van der Waals surface area contributed by atoms with Gasteiger partial charge in [-0.3, -0.25) is 0 Å². The second-order valence-corrected chi connectivity index (χ2v) is 1.34. The van der Waals surface area contributed by atoms with E-state index in [1.165, 1.54) is 0 Å². The number of phosphoric acid groups is 1. The van der Waals surface area contributed by atoms with Gasteiger partial charge in [-0.2, -0.15) is 7.82 Å². The Hall–Kier alpha value is 0.810. The van der Waals surface area contributed by atoms with Gasteiger partial charge in [0.2, 0.25) is 0 Å². The second kappa shape index (κ2) is 4.96. The Morgan fingerprint density at radius 1 is 1.14 bits per heavy atom. The van der Waals surface area contributed by atoms with Crippen molar-refractivity contribution in [3.05, 3.63) is 0 Å². The summed E-state index contributed by atoms with van der Waals surface area (Å²) in [4.78, 5) is 25.6. The fourth-order valence-electron chi connectivity index (χ4n) is 0. The van der Waals surface area contributed by atoms with Crippen LogP contribution in [0.25, 0.3) is 0 Å². The average molecular weight is 293 g/mol. The Kier molecular flexibility index (Phi) is 11.1. The van der Waals surface area contributed by atoms with Crippen molar-refractivity contribution >= 4 is 7.82 Å². The van der Waals surface area contributed by atoms with Crippen LogP contribution in [0.2, 0.25) is 0 Å². The molecule has 0 rings (SSSR count). The normalized spacial score (nSPS) is 8.43. The van der Waals surface area contributed by atoms with Gasteiger partial charge in [0.05, 0.1) is 0 Å². The van der Waals surface area contributed by atoms with Crippen molar-refractivity contribution in [2.45, 2.75) is 0 Å². The fraction of sp³-hybridized carbons (Fsp3) is 0. The van der Waals surface area contributed by atoms with Crippen molar-refractivity contribution in [1.82, 2.24) is 0 Å². The van der Waals surface area contributed by atoms with Gasteiger partial charge in [0, 0.05) is 0 Å². The molecule has 0 atom stereocenters. The van der Waals surface area contributed by atoms with Gasteiger partial charge >= 0.3 is 22.4 Å². The molecule has 0 aliphatic carbocycles. The minimum absolute atomic E-state index is 0. The summed E-state index contributed by atoms with van der Waals surface area (Å²) in [5.74, 6) is 0. The summed E-state index contributed by atoms with van der Waals surface area (Å²) >= 11 is 0. The Morgan fingerprint density at radius 3 is 1.14 bits per heavy atom. The first-order chi connectivity index (χ1) is 2.00. The summed E-state index contributed by atoms with van der Waals surface area (Å²) in [6.07, 6.45) is 0. The monoisotopic (exact) mass is 293 g/mol. The Bertz CT molecular complexity index is 54.2. The maximum absolute atomic E-state index is 8.55. The third kappa shape index (κ3) is 240. The molecule has 7 heavy (non-hydrogen) atoms. The van der Waals surface area contributed by atoms with Crippen molar-refractivity contribution in [2.24, 2.45) is 0 Å². The van der Waals surface area contributed by atoms with Gasteiger partial charge in [0.1, 0.15) is 0 Å². The number of hydrogen-bond donors (Lipinski definition) is 0. The van der Waals surface area contributed by atoms with Crippen LogP contribution in [0.1, 0.15) is 0 Å². The summed E-state index contributed by atoms with van der Waals surface area (Å²) in [6.45, 7) is 0. The molecule has 0 bridgehead atoms. The van der Waals surface area contributed by atoms with Gasteiger partial charge in [-0.15, -0.1) is 0 Å². The number of hydrogen-bond acceptors (Lipinski definition) is 5. The standard InChI is InChI=1S/H3O4P.H2O.Ta/c1-5(2,3)4;;/h(H3,1,2,3,4);1H2;/q;;+4/p-4. The van der Waals surface area contributed by atoms with Crippen LogP contribution in [0, 0.1) is 0 Å². The van der Waals surface area contributed by atoms with Gasteiger partial charge in [-0.05, 0) is 0 Å². The summed E-state index contributed by atoms with van der Waals surface area (Å²) < 4.78 is 8.55. The molecule has 0 spiro atoms. The van der Waals surface area contributed by atoms with Gasteiger partial charge in [0.15, 0.2) is 0 Å². The smallest absolute Gasteiger partial charge is 0.870 e. The van der Waals surface area contributed by atoms with E-state index < -0.39 is 7.82 Å². The molecule has 0 aliphatic heterocycles. The van der Waals surface area contributed by atoms with Crippen LogP contribution in [-0.4, -0.2) is 5.48 Å². The van der Waals surface area contributed by atoms with Crippen LogP contribution < -0.4 is 14.7 Å². The van der Waals surface area contributed by atoms with E-state index in [1.54, 1.807) is 0 Å².